The first kappa shape index (κ1) is 21.7. The zero-order chi connectivity index (χ0) is 22.8. The van der Waals surface area contributed by atoms with Gasteiger partial charge in [-0.2, -0.15) is 5.10 Å². The van der Waals surface area contributed by atoms with Gasteiger partial charge in [0.2, 0.25) is 0 Å². The van der Waals surface area contributed by atoms with Gasteiger partial charge in [0.25, 0.3) is 5.91 Å². The minimum atomic E-state index is -0.206. The quantitative estimate of drug-likeness (QED) is 0.573. The summed E-state index contributed by atoms with van der Waals surface area (Å²) in [7, 11) is 1.60. The monoisotopic (exact) mass is 450 g/mol. The van der Waals surface area contributed by atoms with Crippen LogP contribution in [0.25, 0.3) is 10.9 Å². The Labute approximate surface area is 193 Å². The molecule has 0 aliphatic carbocycles. The summed E-state index contributed by atoms with van der Waals surface area (Å²) in [6.07, 6.45) is 3.89. The second kappa shape index (κ2) is 9.41. The number of aromatic amines is 1. The predicted octanol–water partition coefficient (Wildman–Crippen LogP) is 3.44. The van der Waals surface area contributed by atoms with Gasteiger partial charge in [-0.1, -0.05) is 12.5 Å². The fourth-order valence-electron chi connectivity index (χ4n) is 4.78. The Morgan fingerprint density at radius 2 is 1.94 bits per heavy atom. The molecule has 33 heavy (non-hydrogen) atoms. The van der Waals surface area contributed by atoms with E-state index in [1.807, 2.05) is 18.2 Å². The molecule has 3 aromatic rings. The Morgan fingerprint density at radius 1 is 1.12 bits per heavy atom. The summed E-state index contributed by atoms with van der Waals surface area (Å²) in [6, 6.07) is 9.30. The third kappa shape index (κ3) is 4.54. The Morgan fingerprint density at radius 3 is 2.76 bits per heavy atom. The fourth-order valence-corrected chi connectivity index (χ4v) is 4.78. The summed E-state index contributed by atoms with van der Waals surface area (Å²) in [5.41, 5.74) is 3.84. The summed E-state index contributed by atoms with van der Waals surface area (Å²) < 4.78 is 11.2. The molecule has 1 saturated heterocycles. The highest BCUT2D eigenvalue weighted by molar-refractivity contribution is 6.01. The number of phenols is 1. The van der Waals surface area contributed by atoms with Crippen LogP contribution in [-0.4, -0.2) is 64.4 Å². The van der Waals surface area contributed by atoms with Gasteiger partial charge >= 0.3 is 0 Å². The first-order valence-corrected chi connectivity index (χ1v) is 11.6. The average Bonchev–Trinajstić information content (AvgIpc) is 3.42. The number of amides is 1. The van der Waals surface area contributed by atoms with Crippen molar-refractivity contribution < 1.29 is 19.4 Å². The Bertz CT molecular complexity index is 1150. The number of hydrogen-bond donors (Lipinski definition) is 2. The Balaban J connectivity index is 1.26. The summed E-state index contributed by atoms with van der Waals surface area (Å²) in [5, 5.41) is 18.4. The van der Waals surface area contributed by atoms with E-state index in [0.29, 0.717) is 37.5 Å². The molecule has 8 heteroatoms. The van der Waals surface area contributed by atoms with Crippen molar-refractivity contribution in [2.24, 2.45) is 0 Å². The predicted molar refractivity (Wildman–Crippen MR) is 124 cm³/mol. The number of phenolic OH excluding ortho intramolecular Hbond substituents is 1. The normalized spacial score (nSPS) is 16.3. The van der Waals surface area contributed by atoms with E-state index in [0.717, 1.165) is 41.9 Å². The van der Waals surface area contributed by atoms with E-state index in [4.69, 9.17) is 9.47 Å². The highest BCUT2D eigenvalue weighted by atomic mass is 16.5. The van der Waals surface area contributed by atoms with Gasteiger partial charge in [-0.15, -0.1) is 0 Å². The number of likely N-dealkylation sites (tertiary alicyclic amines) is 1. The van der Waals surface area contributed by atoms with Crippen molar-refractivity contribution >= 4 is 16.8 Å². The molecule has 0 saturated carbocycles. The van der Waals surface area contributed by atoms with E-state index < -0.39 is 0 Å². The molecule has 0 atom stereocenters. The zero-order valence-corrected chi connectivity index (χ0v) is 19.0. The fraction of sp³-hybridized carbons (Fsp3) is 0.440. The molecule has 0 spiro atoms. The van der Waals surface area contributed by atoms with E-state index >= 15 is 0 Å². The lowest BCUT2D eigenvalue weighted by Gasteiger charge is -2.26. The van der Waals surface area contributed by atoms with Gasteiger partial charge in [-0.25, -0.2) is 0 Å². The number of aromatic nitrogens is 2. The number of aromatic hydroxyl groups is 1. The van der Waals surface area contributed by atoms with Crippen LogP contribution in [0.3, 0.4) is 0 Å². The highest BCUT2D eigenvalue weighted by Gasteiger charge is 2.27. The van der Waals surface area contributed by atoms with Crippen molar-refractivity contribution in [1.29, 1.82) is 0 Å². The Hall–Kier alpha value is -3.10. The van der Waals surface area contributed by atoms with Gasteiger partial charge in [-0.3, -0.25) is 14.8 Å². The lowest BCUT2D eigenvalue weighted by Crippen LogP contribution is -2.33. The molecule has 1 fully saturated rings. The number of nitrogens with one attached hydrogen (secondary N) is 1. The standard InChI is InChI=1S/C25H30N4O4/c1-32-16-23-20-12-21(24(30)13-22(20)26-27-23)25(31)29-14-17-5-6-19(11-18(17)15-29)33-10-9-28-7-3-2-4-8-28/h5-6,11-13,30H,2-4,7-10,14-16H2,1H3,(H,26,27). The molecule has 2 aromatic carbocycles. The number of rotatable bonds is 7. The molecule has 174 valence electrons. The van der Waals surface area contributed by atoms with Crippen molar-refractivity contribution in [2.75, 3.05) is 33.4 Å². The highest BCUT2D eigenvalue weighted by Crippen LogP contribution is 2.32. The number of ether oxygens (including phenoxy) is 2. The summed E-state index contributed by atoms with van der Waals surface area (Å²) in [4.78, 5) is 17.5. The Kier molecular flexibility index (Phi) is 6.20. The minimum Gasteiger partial charge on any atom is -0.507 e. The van der Waals surface area contributed by atoms with Crippen molar-refractivity contribution in [2.45, 2.75) is 39.0 Å². The number of fused-ring (bicyclic) bond motifs is 2. The molecular formula is C25H30N4O4. The summed E-state index contributed by atoms with van der Waals surface area (Å²) in [6.45, 7) is 5.27. The number of benzene rings is 2. The van der Waals surface area contributed by atoms with Crippen molar-refractivity contribution in [3.63, 3.8) is 0 Å². The van der Waals surface area contributed by atoms with E-state index in [-0.39, 0.29) is 17.2 Å². The largest absolute Gasteiger partial charge is 0.507 e. The minimum absolute atomic E-state index is 0.0576. The number of hydrogen-bond acceptors (Lipinski definition) is 6. The molecule has 2 N–H and O–H groups in total. The SMILES string of the molecule is COCc1n[nH]c2cc(O)c(C(=O)N3Cc4ccc(OCCN5CCCCC5)cc4C3)cc12. The maximum absolute atomic E-state index is 13.3. The molecular weight excluding hydrogens is 420 g/mol. The third-order valence-electron chi connectivity index (χ3n) is 6.58. The van der Waals surface area contributed by atoms with Crippen LogP contribution in [-0.2, 0) is 24.4 Å². The lowest BCUT2D eigenvalue weighted by molar-refractivity contribution is 0.0748. The molecule has 0 radical (unpaired) electrons. The van der Waals surface area contributed by atoms with Crippen LogP contribution in [0.2, 0.25) is 0 Å². The number of H-pyrrole nitrogens is 1. The number of carbonyl (C=O) groups excluding carboxylic acids is 1. The maximum atomic E-state index is 13.3. The number of nitrogens with zero attached hydrogens (tertiary/aromatic N) is 3. The maximum Gasteiger partial charge on any atom is 0.258 e. The van der Waals surface area contributed by atoms with E-state index in [9.17, 15) is 9.90 Å². The van der Waals surface area contributed by atoms with E-state index in [2.05, 4.69) is 15.1 Å². The van der Waals surface area contributed by atoms with Crippen LogP contribution in [0.1, 0.15) is 46.4 Å². The molecule has 5 rings (SSSR count). The zero-order valence-electron chi connectivity index (χ0n) is 19.0. The summed E-state index contributed by atoms with van der Waals surface area (Å²) >= 11 is 0. The molecule has 0 bridgehead atoms. The van der Waals surface area contributed by atoms with Gasteiger partial charge in [0.15, 0.2) is 0 Å². The van der Waals surface area contributed by atoms with Gasteiger partial charge in [-0.05, 0) is 55.3 Å². The van der Waals surface area contributed by atoms with Crippen LogP contribution in [0.5, 0.6) is 11.5 Å². The smallest absolute Gasteiger partial charge is 0.258 e. The second-order valence-corrected chi connectivity index (χ2v) is 8.86. The number of piperidine rings is 1. The first-order chi connectivity index (χ1) is 16.1. The first-order valence-electron chi connectivity index (χ1n) is 11.6. The van der Waals surface area contributed by atoms with Crippen LogP contribution in [0.15, 0.2) is 30.3 Å². The van der Waals surface area contributed by atoms with Crippen LogP contribution in [0, 0.1) is 0 Å². The van der Waals surface area contributed by atoms with Crippen LogP contribution in [0.4, 0.5) is 0 Å². The molecule has 8 nitrogen and oxygen atoms in total. The topological polar surface area (TPSA) is 90.9 Å². The molecule has 2 aliphatic heterocycles. The van der Waals surface area contributed by atoms with Crippen molar-refractivity contribution in [1.82, 2.24) is 20.0 Å². The molecule has 1 aromatic heterocycles. The van der Waals surface area contributed by atoms with Crippen LogP contribution >= 0.6 is 0 Å². The number of carbonyl (C=O) groups is 1. The molecule has 3 heterocycles. The average molecular weight is 451 g/mol. The van der Waals surface area contributed by atoms with Gasteiger partial charge in [0.1, 0.15) is 18.1 Å². The molecule has 2 aliphatic rings. The van der Waals surface area contributed by atoms with Gasteiger partial charge in [0.05, 0.1) is 23.4 Å². The van der Waals surface area contributed by atoms with Crippen LogP contribution < -0.4 is 4.74 Å². The van der Waals surface area contributed by atoms with E-state index in [1.54, 1.807) is 24.1 Å². The second-order valence-electron chi connectivity index (χ2n) is 8.86. The summed E-state index contributed by atoms with van der Waals surface area (Å²) in [5.74, 6) is 0.576. The van der Waals surface area contributed by atoms with Gasteiger partial charge < -0.3 is 19.5 Å². The molecule has 0 unspecified atom stereocenters. The molecule has 1 amide bonds. The van der Waals surface area contributed by atoms with Gasteiger partial charge in [0, 0.05) is 38.2 Å². The third-order valence-corrected chi connectivity index (χ3v) is 6.58. The number of methoxy groups -OCH3 is 1. The van der Waals surface area contributed by atoms with Crippen molar-refractivity contribution in [3.8, 4) is 11.5 Å². The van der Waals surface area contributed by atoms with Crippen molar-refractivity contribution in [3.05, 3.63) is 52.7 Å². The van der Waals surface area contributed by atoms with E-state index in [1.165, 1.54) is 19.3 Å². The lowest BCUT2D eigenvalue weighted by atomic mass is 10.1.